The number of guanidine groups is 1. The van der Waals surface area contributed by atoms with Crippen molar-refractivity contribution < 1.29 is 4.74 Å². The molecule has 3 rings (SSSR count). The molecule has 1 aliphatic carbocycles. The highest BCUT2D eigenvalue weighted by molar-refractivity contribution is 5.80. The average Bonchev–Trinajstić information content (AvgIpc) is 2.96. The fraction of sp³-hybridized carbons (Fsp3) is 0.833. The van der Waals surface area contributed by atoms with Gasteiger partial charge in [0.15, 0.2) is 5.96 Å². The molecular weight excluding hydrogens is 274 g/mol. The molecule has 1 saturated heterocycles. The Bertz CT molecular complexity index is 424. The standard InChI is InChI=1S/C18H31N3O/c1-19-17(20-11-5-16-6-13-22-14-7-16)21-12-10-18(15-21)8-3-2-4-9-18/h6H,2-5,7-15H2,1H3,(H,19,20). The fourth-order valence-corrected chi connectivity index (χ4v) is 4.29. The quantitative estimate of drug-likeness (QED) is 0.495. The summed E-state index contributed by atoms with van der Waals surface area (Å²) in [4.78, 5) is 7.01. The predicted octanol–water partition coefficient (Wildman–Crippen LogP) is 2.95. The summed E-state index contributed by atoms with van der Waals surface area (Å²) >= 11 is 0. The van der Waals surface area contributed by atoms with Gasteiger partial charge >= 0.3 is 0 Å². The lowest BCUT2D eigenvalue weighted by Crippen LogP contribution is -2.42. The molecule has 0 bridgehead atoms. The Labute approximate surface area is 135 Å². The summed E-state index contributed by atoms with van der Waals surface area (Å²) in [6, 6.07) is 0. The van der Waals surface area contributed by atoms with Crippen LogP contribution in [-0.4, -0.2) is 50.8 Å². The van der Waals surface area contributed by atoms with Gasteiger partial charge in [-0.15, -0.1) is 0 Å². The molecule has 3 aliphatic rings. The third kappa shape index (κ3) is 3.83. The number of likely N-dealkylation sites (tertiary alicyclic amines) is 1. The maximum Gasteiger partial charge on any atom is 0.193 e. The minimum Gasteiger partial charge on any atom is -0.377 e. The van der Waals surface area contributed by atoms with Crippen molar-refractivity contribution in [3.8, 4) is 0 Å². The summed E-state index contributed by atoms with van der Waals surface area (Å²) in [6.45, 7) is 5.05. The second kappa shape index (κ2) is 7.49. The molecule has 0 amide bonds. The van der Waals surface area contributed by atoms with Gasteiger partial charge in [0.1, 0.15) is 0 Å². The zero-order valence-electron chi connectivity index (χ0n) is 14.1. The van der Waals surface area contributed by atoms with Gasteiger partial charge in [-0.2, -0.15) is 0 Å². The van der Waals surface area contributed by atoms with Gasteiger partial charge in [-0.1, -0.05) is 30.9 Å². The van der Waals surface area contributed by atoms with E-state index in [-0.39, 0.29) is 0 Å². The van der Waals surface area contributed by atoms with Crippen LogP contribution in [0.4, 0.5) is 0 Å². The first kappa shape index (κ1) is 15.9. The van der Waals surface area contributed by atoms with Gasteiger partial charge in [0.25, 0.3) is 0 Å². The second-order valence-electron chi connectivity index (χ2n) is 7.14. The van der Waals surface area contributed by atoms with Crippen LogP contribution in [-0.2, 0) is 4.74 Å². The van der Waals surface area contributed by atoms with Crippen LogP contribution in [0.1, 0.15) is 51.4 Å². The van der Waals surface area contributed by atoms with Crippen molar-refractivity contribution in [2.75, 3.05) is 39.9 Å². The topological polar surface area (TPSA) is 36.9 Å². The summed E-state index contributed by atoms with van der Waals surface area (Å²) in [6.07, 6.45) is 12.9. The highest BCUT2D eigenvalue weighted by Crippen LogP contribution is 2.43. The first-order valence-corrected chi connectivity index (χ1v) is 9.03. The molecule has 4 heteroatoms. The van der Waals surface area contributed by atoms with Gasteiger partial charge in [-0.25, -0.2) is 0 Å². The number of nitrogens with one attached hydrogen (secondary N) is 1. The summed E-state index contributed by atoms with van der Waals surface area (Å²) < 4.78 is 5.36. The first-order valence-electron chi connectivity index (χ1n) is 9.03. The van der Waals surface area contributed by atoms with Crippen molar-refractivity contribution in [3.63, 3.8) is 0 Å². The van der Waals surface area contributed by atoms with Crippen LogP contribution in [0.15, 0.2) is 16.6 Å². The highest BCUT2D eigenvalue weighted by atomic mass is 16.5. The van der Waals surface area contributed by atoms with Crippen LogP contribution in [0.25, 0.3) is 0 Å². The van der Waals surface area contributed by atoms with Crippen LogP contribution >= 0.6 is 0 Å². The lowest BCUT2D eigenvalue weighted by atomic mass is 9.73. The molecule has 1 saturated carbocycles. The maximum atomic E-state index is 5.36. The molecule has 1 spiro atoms. The molecule has 0 unspecified atom stereocenters. The molecule has 0 aromatic heterocycles. The molecule has 0 aromatic carbocycles. The molecule has 22 heavy (non-hydrogen) atoms. The van der Waals surface area contributed by atoms with Gasteiger partial charge in [-0.3, -0.25) is 4.99 Å². The first-order chi connectivity index (χ1) is 10.8. The van der Waals surface area contributed by atoms with E-state index in [1.807, 2.05) is 7.05 Å². The summed E-state index contributed by atoms with van der Waals surface area (Å²) in [5.41, 5.74) is 2.12. The smallest absolute Gasteiger partial charge is 0.193 e. The van der Waals surface area contributed by atoms with Crippen molar-refractivity contribution >= 4 is 5.96 Å². The molecule has 2 fully saturated rings. The molecule has 0 atom stereocenters. The van der Waals surface area contributed by atoms with E-state index in [0.717, 1.165) is 38.6 Å². The molecule has 0 aromatic rings. The number of ether oxygens (including phenoxy) is 1. The third-order valence-electron chi connectivity index (χ3n) is 5.65. The van der Waals surface area contributed by atoms with Gasteiger partial charge in [0.2, 0.25) is 0 Å². The number of hydrogen-bond donors (Lipinski definition) is 1. The maximum absolute atomic E-state index is 5.36. The number of nitrogens with zero attached hydrogens (tertiary/aromatic N) is 2. The summed E-state index contributed by atoms with van der Waals surface area (Å²) in [5, 5.41) is 3.57. The van der Waals surface area contributed by atoms with E-state index in [2.05, 4.69) is 21.3 Å². The summed E-state index contributed by atoms with van der Waals surface area (Å²) in [5.74, 6) is 1.11. The Morgan fingerprint density at radius 1 is 1.32 bits per heavy atom. The van der Waals surface area contributed by atoms with Gasteiger partial charge < -0.3 is 15.0 Å². The molecular formula is C18H31N3O. The minimum atomic E-state index is 0.596. The van der Waals surface area contributed by atoms with E-state index in [1.54, 1.807) is 0 Å². The van der Waals surface area contributed by atoms with E-state index >= 15 is 0 Å². The van der Waals surface area contributed by atoms with E-state index in [9.17, 15) is 0 Å². The molecule has 124 valence electrons. The number of aliphatic imine (C=N–C) groups is 1. The van der Waals surface area contributed by atoms with E-state index < -0.39 is 0 Å². The van der Waals surface area contributed by atoms with E-state index in [1.165, 1.54) is 57.2 Å². The average molecular weight is 305 g/mol. The van der Waals surface area contributed by atoms with Crippen LogP contribution in [0.3, 0.4) is 0 Å². The Balaban J connectivity index is 1.46. The summed E-state index contributed by atoms with van der Waals surface area (Å²) in [7, 11) is 1.92. The normalized spacial score (nSPS) is 25.4. The molecule has 4 nitrogen and oxygen atoms in total. The second-order valence-corrected chi connectivity index (χ2v) is 7.14. The molecule has 1 N–H and O–H groups in total. The van der Waals surface area contributed by atoms with E-state index in [4.69, 9.17) is 4.74 Å². The van der Waals surface area contributed by atoms with Crippen molar-refractivity contribution in [3.05, 3.63) is 11.6 Å². The van der Waals surface area contributed by atoms with Crippen LogP contribution in [0, 0.1) is 5.41 Å². The molecule has 2 aliphatic heterocycles. The number of rotatable bonds is 3. The van der Waals surface area contributed by atoms with Crippen molar-refractivity contribution in [1.82, 2.24) is 10.2 Å². The van der Waals surface area contributed by atoms with Gasteiger partial charge in [0.05, 0.1) is 13.2 Å². The van der Waals surface area contributed by atoms with Crippen LogP contribution in [0.2, 0.25) is 0 Å². The largest absolute Gasteiger partial charge is 0.377 e. The predicted molar refractivity (Wildman–Crippen MR) is 91.2 cm³/mol. The van der Waals surface area contributed by atoms with Gasteiger partial charge in [-0.05, 0) is 37.5 Å². The van der Waals surface area contributed by atoms with E-state index in [0.29, 0.717) is 5.41 Å². The number of hydrogen-bond acceptors (Lipinski definition) is 2. The SMILES string of the molecule is CN=C(NCCC1=CCOCC1)N1CCC2(CCCCC2)C1. The molecule has 0 radical (unpaired) electrons. The fourth-order valence-electron chi connectivity index (χ4n) is 4.29. The lowest BCUT2D eigenvalue weighted by molar-refractivity contribution is 0.153. The van der Waals surface area contributed by atoms with Crippen molar-refractivity contribution in [1.29, 1.82) is 0 Å². The van der Waals surface area contributed by atoms with Crippen LogP contribution in [0.5, 0.6) is 0 Å². The minimum absolute atomic E-state index is 0.596. The Kier molecular flexibility index (Phi) is 5.40. The Morgan fingerprint density at radius 3 is 2.91 bits per heavy atom. The van der Waals surface area contributed by atoms with Crippen molar-refractivity contribution in [2.45, 2.75) is 51.4 Å². The Hall–Kier alpha value is -1.03. The zero-order chi connectivity index (χ0) is 15.3. The Morgan fingerprint density at radius 2 is 2.18 bits per heavy atom. The monoisotopic (exact) mass is 305 g/mol. The van der Waals surface area contributed by atoms with Crippen molar-refractivity contribution in [2.24, 2.45) is 10.4 Å². The molecule has 2 heterocycles. The lowest BCUT2D eigenvalue weighted by Gasteiger charge is -2.33. The highest BCUT2D eigenvalue weighted by Gasteiger charge is 2.39. The van der Waals surface area contributed by atoms with Gasteiger partial charge in [0, 0.05) is 26.7 Å². The zero-order valence-corrected chi connectivity index (χ0v) is 14.1. The van der Waals surface area contributed by atoms with Crippen LogP contribution < -0.4 is 5.32 Å². The third-order valence-corrected chi connectivity index (χ3v) is 5.65.